The first-order valence-electron chi connectivity index (χ1n) is 6.67. The van der Waals surface area contributed by atoms with Gasteiger partial charge in [0.1, 0.15) is 0 Å². The molecule has 0 aromatic carbocycles. The summed E-state index contributed by atoms with van der Waals surface area (Å²) in [5, 5.41) is 9.27. The second-order valence-corrected chi connectivity index (χ2v) is 7.02. The van der Waals surface area contributed by atoms with E-state index in [0.29, 0.717) is 6.29 Å². The first-order valence-corrected chi connectivity index (χ1v) is 8.15. The third-order valence-corrected chi connectivity index (χ3v) is 5.14. The Labute approximate surface area is 118 Å². The highest BCUT2D eigenvalue weighted by Gasteiger charge is 2.33. The zero-order valence-electron chi connectivity index (χ0n) is 11.2. The van der Waals surface area contributed by atoms with E-state index in [1.807, 2.05) is 0 Å². The number of nitrogens with one attached hydrogen (secondary N) is 1. The lowest BCUT2D eigenvalue weighted by atomic mass is 9.75. The van der Waals surface area contributed by atoms with Gasteiger partial charge < -0.3 is 9.52 Å². The van der Waals surface area contributed by atoms with Crippen molar-refractivity contribution in [2.45, 2.75) is 37.2 Å². The summed E-state index contributed by atoms with van der Waals surface area (Å²) in [4.78, 5) is 10.5. The fourth-order valence-electron chi connectivity index (χ4n) is 2.55. The molecule has 1 heterocycles. The fourth-order valence-corrected chi connectivity index (χ4v) is 3.65. The normalized spacial score (nSPS) is 18.9. The van der Waals surface area contributed by atoms with Crippen LogP contribution in [0.5, 0.6) is 0 Å². The van der Waals surface area contributed by atoms with Gasteiger partial charge in [0.25, 0.3) is 10.0 Å². The number of rotatable bonds is 6. The predicted octanol–water partition coefficient (Wildman–Crippen LogP) is 1.31. The molecule has 0 spiro atoms. The van der Waals surface area contributed by atoms with Crippen LogP contribution in [-0.2, 0) is 10.0 Å². The van der Waals surface area contributed by atoms with Crippen LogP contribution >= 0.6 is 0 Å². The van der Waals surface area contributed by atoms with Crippen LogP contribution in [0.25, 0.3) is 0 Å². The van der Waals surface area contributed by atoms with Gasteiger partial charge in [-0.05, 0) is 25.0 Å². The topological polar surface area (TPSA) is 96.6 Å². The van der Waals surface area contributed by atoms with Crippen LogP contribution in [-0.4, -0.2) is 33.0 Å². The molecule has 0 aliphatic heterocycles. The van der Waals surface area contributed by atoms with Gasteiger partial charge in [0, 0.05) is 18.6 Å². The van der Waals surface area contributed by atoms with E-state index in [4.69, 9.17) is 4.42 Å². The molecule has 1 saturated carbocycles. The minimum Gasteiger partial charge on any atom is -0.440 e. The first kappa shape index (κ1) is 15.2. The zero-order chi connectivity index (χ0) is 14.6. The summed E-state index contributed by atoms with van der Waals surface area (Å²) in [7, 11) is -3.78. The molecule has 1 aromatic heterocycles. The molecule has 0 unspecified atom stereocenters. The van der Waals surface area contributed by atoms with Crippen molar-refractivity contribution in [3.63, 3.8) is 0 Å². The number of aliphatic hydroxyl groups excluding tert-OH is 1. The van der Waals surface area contributed by atoms with E-state index in [0.717, 1.165) is 32.1 Å². The van der Waals surface area contributed by atoms with Crippen LogP contribution in [0.1, 0.15) is 42.7 Å². The molecule has 20 heavy (non-hydrogen) atoms. The standard InChI is InChI=1S/C13H19NO5S/c15-8-11-4-5-12(19-11)20(17,18)14-9-13(10-16)6-2-1-3-7-13/h4-5,8,14,16H,1-3,6-7,9-10H2. The van der Waals surface area contributed by atoms with Crippen LogP contribution < -0.4 is 4.72 Å². The Morgan fingerprint density at radius 2 is 2.00 bits per heavy atom. The van der Waals surface area contributed by atoms with Crippen molar-refractivity contribution in [2.24, 2.45) is 5.41 Å². The third-order valence-electron chi connectivity index (χ3n) is 3.87. The minimum atomic E-state index is -3.78. The highest BCUT2D eigenvalue weighted by molar-refractivity contribution is 7.89. The molecule has 1 aliphatic rings. The van der Waals surface area contributed by atoms with Gasteiger partial charge in [-0.2, -0.15) is 0 Å². The lowest BCUT2D eigenvalue weighted by Crippen LogP contribution is -2.41. The Bertz CT molecular complexity index is 557. The molecular weight excluding hydrogens is 282 g/mol. The lowest BCUT2D eigenvalue weighted by Gasteiger charge is -2.35. The van der Waals surface area contributed by atoms with Crippen molar-refractivity contribution in [3.8, 4) is 0 Å². The van der Waals surface area contributed by atoms with Gasteiger partial charge in [-0.25, -0.2) is 13.1 Å². The second-order valence-electron chi connectivity index (χ2n) is 5.32. The Morgan fingerprint density at radius 3 is 2.55 bits per heavy atom. The second kappa shape index (κ2) is 6.07. The van der Waals surface area contributed by atoms with Crippen molar-refractivity contribution in [1.29, 1.82) is 0 Å². The molecule has 0 bridgehead atoms. The van der Waals surface area contributed by atoms with E-state index < -0.39 is 10.0 Å². The zero-order valence-corrected chi connectivity index (χ0v) is 12.0. The summed E-state index contributed by atoms with van der Waals surface area (Å²) in [6.07, 6.45) is 5.19. The maximum Gasteiger partial charge on any atom is 0.273 e. The number of furan rings is 1. The Morgan fingerprint density at radius 1 is 1.30 bits per heavy atom. The van der Waals surface area contributed by atoms with Gasteiger partial charge in [0.05, 0.1) is 0 Å². The first-order chi connectivity index (χ1) is 9.51. The van der Waals surface area contributed by atoms with E-state index in [1.54, 1.807) is 0 Å². The van der Waals surface area contributed by atoms with Crippen LogP contribution in [0.2, 0.25) is 0 Å². The minimum absolute atomic E-state index is 0.0279. The number of hydrogen-bond acceptors (Lipinski definition) is 5. The summed E-state index contributed by atoms with van der Waals surface area (Å²) in [5.74, 6) is -0.0279. The van der Waals surface area contributed by atoms with Crippen LogP contribution in [0.4, 0.5) is 0 Å². The molecule has 2 N–H and O–H groups in total. The Kier molecular flexibility index (Phi) is 4.62. The smallest absolute Gasteiger partial charge is 0.273 e. The van der Waals surface area contributed by atoms with E-state index >= 15 is 0 Å². The SMILES string of the molecule is O=Cc1ccc(S(=O)(=O)NCC2(CO)CCCCC2)o1. The molecule has 1 aromatic rings. The molecule has 112 valence electrons. The molecule has 1 fully saturated rings. The highest BCUT2D eigenvalue weighted by Crippen LogP contribution is 2.35. The van der Waals surface area contributed by atoms with Crippen molar-refractivity contribution >= 4 is 16.3 Å². The predicted molar refractivity (Wildman–Crippen MR) is 71.9 cm³/mol. The number of aliphatic hydroxyl groups is 1. The Balaban J connectivity index is 2.06. The Hall–Kier alpha value is -1.18. The summed E-state index contributed by atoms with van der Waals surface area (Å²) in [5.41, 5.74) is -0.384. The van der Waals surface area contributed by atoms with Crippen molar-refractivity contribution in [2.75, 3.05) is 13.2 Å². The number of aldehydes is 1. The molecule has 0 saturated heterocycles. The molecule has 0 amide bonds. The van der Waals surface area contributed by atoms with Crippen molar-refractivity contribution in [1.82, 2.24) is 4.72 Å². The number of sulfonamides is 1. The lowest BCUT2D eigenvalue weighted by molar-refractivity contribution is 0.0866. The fraction of sp³-hybridized carbons (Fsp3) is 0.615. The monoisotopic (exact) mass is 301 g/mol. The van der Waals surface area contributed by atoms with Crippen LogP contribution in [0, 0.1) is 5.41 Å². The number of carbonyl (C=O) groups excluding carboxylic acids is 1. The van der Waals surface area contributed by atoms with E-state index in [1.165, 1.54) is 12.1 Å². The van der Waals surface area contributed by atoms with E-state index in [9.17, 15) is 18.3 Å². The third kappa shape index (κ3) is 3.28. The van der Waals surface area contributed by atoms with Gasteiger partial charge in [0.15, 0.2) is 12.0 Å². The van der Waals surface area contributed by atoms with Crippen LogP contribution in [0.3, 0.4) is 0 Å². The maximum absolute atomic E-state index is 12.1. The largest absolute Gasteiger partial charge is 0.440 e. The van der Waals surface area contributed by atoms with Gasteiger partial charge in [-0.15, -0.1) is 0 Å². The van der Waals surface area contributed by atoms with Crippen molar-refractivity contribution < 1.29 is 22.7 Å². The van der Waals surface area contributed by atoms with E-state index in [2.05, 4.69) is 4.72 Å². The van der Waals surface area contributed by atoms with E-state index in [-0.39, 0.29) is 29.4 Å². The number of carbonyl (C=O) groups is 1. The summed E-state index contributed by atoms with van der Waals surface area (Å²) >= 11 is 0. The van der Waals surface area contributed by atoms with Crippen molar-refractivity contribution in [3.05, 3.63) is 17.9 Å². The molecule has 7 heteroatoms. The van der Waals surface area contributed by atoms with Gasteiger partial charge in [-0.3, -0.25) is 4.79 Å². The molecule has 6 nitrogen and oxygen atoms in total. The van der Waals surface area contributed by atoms with Gasteiger partial charge in [0.2, 0.25) is 5.09 Å². The van der Waals surface area contributed by atoms with Crippen LogP contribution in [0.15, 0.2) is 21.6 Å². The average Bonchev–Trinajstić information content (AvgIpc) is 2.96. The molecule has 1 aliphatic carbocycles. The maximum atomic E-state index is 12.1. The summed E-state index contributed by atoms with van der Waals surface area (Å²) in [6.45, 7) is 0.149. The molecule has 0 atom stereocenters. The molecule has 2 rings (SSSR count). The highest BCUT2D eigenvalue weighted by atomic mass is 32.2. The number of hydrogen-bond donors (Lipinski definition) is 2. The molecular formula is C13H19NO5S. The van der Waals surface area contributed by atoms with Gasteiger partial charge >= 0.3 is 0 Å². The quantitative estimate of drug-likeness (QED) is 0.772. The van der Waals surface area contributed by atoms with Gasteiger partial charge in [-0.1, -0.05) is 19.3 Å². The average molecular weight is 301 g/mol. The molecule has 0 radical (unpaired) electrons. The summed E-state index contributed by atoms with van der Waals surface area (Å²) < 4.78 is 31.5. The summed E-state index contributed by atoms with van der Waals surface area (Å²) in [6, 6.07) is 2.56.